The van der Waals surface area contributed by atoms with Crippen molar-refractivity contribution in [1.82, 2.24) is 24.9 Å². The molecule has 9 heteroatoms. The van der Waals surface area contributed by atoms with Crippen LogP contribution >= 0.6 is 0 Å². The van der Waals surface area contributed by atoms with Gasteiger partial charge in [0.25, 0.3) is 0 Å². The molecule has 0 aromatic carbocycles. The highest BCUT2D eigenvalue weighted by Crippen LogP contribution is 2.45. The Morgan fingerprint density at radius 3 is 2.54 bits per heavy atom. The van der Waals surface area contributed by atoms with E-state index in [1.165, 1.54) is 11.3 Å². The highest BCUT2D eigenvalue weighted by atomic mass is 16.5. The van der Waals surface area contributed by atoms with Gasteiger partial charge in [0.05, 0.1) is 44.3 Å². The van der Waals surface area contributed by atoms with Crippen LogP contribution in [0.15, 0.2) is 12.2 Å². The Hall–Kier alpha value is -1.78. The Kier molecular flexibility index (Phi) is 11.6. The summed E-state index contributed by atoms with van der Waals surface area (Å²) in [4.78, 5) is 17.5. The first kappa shape index (κ1) is 29.8. The van der Waals surface area contributed by atoms with Crippen LogP contribution < -0.4 is 5.32 Å². The smallest absolute Gasteiger partial charge is 0.249 e. The van der Waals surface area contributed by atoms with Gasteiger partial charge in [0, 0.05) is 70.0 Å². The molecule has 1 aromatic heterocycles. The van der Waals surface area contributed by atoms with Crippen molar-refractivity contribution in [3.8, 4) is 0 Å². The molecule has 0 spiro atoms. The predicted molar refractivity (Wildman–Crippen MR) is 146 cm³/mol. The number of carbonyl (C=O) groups excluding carboxylic acids is 1. The molecule has 0 radical (unpaired) electrons. The van der Waals surface area contributed by atoms with E-state index in [4.69, 9.17) is 19.3 Å². The van der Waals surface area contributed by atoms with Crippen molar-refractivity contribution in [2.24, 2.45) is 5.41 Å². The van der Waals surface area contributed by atoms with Gasteiger partial charge in [-0.15, -0.1) is 0 Å². The van der Waals surface area contributed by atoms with E-state index < -0.39 is 0 Å². The maximum absolute atomic E-state index is 13.2. The number of methoxy groups -OCH3 is 2. The molecule has 0 bridgehead atoms. The molecule has 2 heterocycles. The van der Waals surface area contributed by atoms with E-state index in [1.807, 2.05) is 18.9 Å². The minimum absolute atomic E-state index is 0.0358. The Balaban J connectivity index is 1.82. The number of nitrogens with one attached hydrogen (secondary N) is 1. The summed E-state index contributed by atoms with van der Waals surface area (Å²) in [5, 5.41) is 8.35. The van der Waals surface area contributed by atoms with E-state index >= 15 is 0 Å². The zero-order valence-electron chi connectivity index (χ0n) is 23.8. The maximum atomic E-state index is 13.2. The summed E-state index contributed by atoms with van der Waals surface area (Å²) in [5.74, 6) is 0.461. The highest BCUT2D eigenvalue weighted by molar-refractivity contribution is 5.92. The molecule has 0 saturated heterocycles. The fourth-order valence-electron chi connectivity index (χ4n) is 5.92. The Morgan fingerprint density at radius 2 is 1.92 bits per heavy atom. The third-order valence-electron chi connectivity index (χ3n) is 7.96. The molecule has 1 aromatic rings. The molecule has 9 nitrogen and oxygen atoms in total. The molecular formula is C28H49N5O4. The summed E-state index contributed by atoms with van der Waals surface area (Å²) in [7, 11) is 7.70. The standard InChI is InChI=1S/C28H49N5O4/c1-7-37-17-10-22(2)27(34)32-15-16-33-25(19-32)26(24(30-33)18-31(4)14-13-29-3)23-8-11-28(12-9-23,20-35-5)21-36-6/h23,29H,2,7-21H2,1,3-6H3. The summed E-state index contributed by atoms with van der Waals surface area (Å²) >= 11 is 0. The first-order valence-electron chi connectivity index (χ1n) is 13.8. The van der Waals surface area contributed by atoms with Gasteiger partial charge in [-0.3, -0.25) is 14.4 Å². The van der Waals surface area contributed by atoms with Crippen molar-refractivity contribution in [3.63, 3.8) is 0 Å². The first-order chi connectivity index (χ1) is 17.9. The Bertz CT molecular complexity index is 870. The van der Waals surface area contributed by atoms with Gasteiger partial charge in [0.2, 0.25) is 5.91 Å². The van der Waals surface area contributed by atoms with Crippen LogP contribution in [-0.4, -0.2) is 99.9 Å². The number of carbonyl (C=O) groups is 1. The fraction of sp³-hybridized carbons (Fsp3) is 0.786. The van der Waals surface area contributed by atoms with Crippen LogP contribution in [-0.2, 0) is 38.6 Å². The van der Waals surface area contributed by atoms with Crippen LogP contribution in [0.3, 0.4) is 0 Å². The van der Waals surface area contributed by atoms with Crippen molar-refractivity contribution in [2.45, 2.75) is 64.6 Å². The maximum Gasteiger partial charge on any atom is 0.249 e. The van der Waals surface area contributed by atoms with Gasteiger partial charge in [-0.25, -0.2) is 0 Å². The molecule has 1 saturated carbocycles. The number of rotatable bonds is 15. The van der Waals surface area contributed by atoms with Crippen LogP contribution in [0, 0.1) is 5.41 Å². The van der Waals surface area contributed by atoms with Gasteiger partial charge in [-0.1, -0.05) is 6.58 Å². The van der Waals surface area contributed by atoms with Crippen LogP contribution in [0.25, 0.3) is 0 Å². The average molecular weight is 520 g/mol. The van der Waals surface area contributed by atoms with E-state index in [9.17, 15) is 4.79 Å². The van der Waals surface area contributed by atoms with Crippen LogP contribution in [0.4, 0.5) is 0 Å². The summed E-state index contributed by atoms with van der Waals surface area (Å²) in [6.07, 6.45) is 4.85. The molecule has 1 aliphatic carbocycles. The quantitative estimate of drug-likeness (QED) is 0.282. The fourth-order valence-corrected chi connectivity index (χ4v) is 5.92. The minimum atomic E-state index is 0.0358. The Morgan fingerprint density at radius 1 is 1.22 bits per heavy atom. The summed E-state index contributed by atoms with van der Waals surface area (Å²) in [6.45, 7) is 13.3. The number of likely N-dealkylation sites (N-methyl/N-ethyl adjacent to an activating group) is 2. The van der Waals surface area contributed by atoms with Gasteiger partial charge in [-0.05, 0) is 52.6 Å². The van der Waals surface area contributed by atoms with Gasteiger partial charge in [-0.2, -0.15) is 5.10 Å². The molecule has 210 valence electrons. The summed E-state index contributed by atoms with van der Waals surface area (Å²) < 4.78 is 18.8. The summed E-state index contributed by atoms with van der Waals surface area (Å²) in [6, 6.07) is 0. The molecule has 2 aliphatic rings. The van der Waals surface area contributed by atoms with E-state index in [0.29, 0.717) is 44.2 Å². The number of hydrogen-bond acceptors (Lipinski definition) is 7. The molecule has 37 heavy (non-hydrogen) atoms. The Labute approximate surface area is 223 Å². The van der Waals surface area contributed by atoms with Crippen LogP contribution in [0.1, 0.15) is 61.9 Å². The molecule has 1 aliphatic heterocycles. The van der Waals surface area contributed by atoms with E-state index in [0.717, 1.165) is 70.8 Å². The zero-order valence-corrected chi connectivity index (χ0v) is 23.8. The number of fused-ring (bicyclic) bond motifs is 1. The first-order valence-corrected chi connectivity index (χ1v) is 13.8. The lowest BCUT2D eigenvalue weighted by molar-refractivity contribution is -0.128. The SMILES string of the molecule is C=C(CCOCC)C(=O)N1CCn2nc(CN(C)CCNC)c(C3CCC(COC)(COC)CC3)c2C1. The lowest BCUT2D eigenvalue weighted by Gasteiger charge is -2.40. The van der Waals surface area contributed by atoms with Crippen LogP contribution in [0.5, 0.6) is 0 Å². The summed E-state index contributed by atoms with van der Waals surface area (Å²) in [5.41, 5.74) is 4.42. The second-order valence-corrected chi connectivity index (χ2v) is 10.8. The number of amides is 1. The monoisotopic (exact) mass is 519 g/mol. The lowest BCUT2D eigenvalue weighted by atomic mass is 9.69. The van der Waals surface area contributed by atoms with Crippen molar-refractivity contribution in [2.75, 3.05) is 74.4 Å². The van der Waals surface area contributed by atoms with Gasteiger partial charge in [0.15, 0.2) is 0 Å². The van der Waals surface area contributed by atoms with Gasteiger partial charge in [0.1, 0.15) is 0 Å². The number of aromatic nitrogens is 2. The average Bonchev–Trinajstić information content (AvgIpc) is 3.24. The molecule has 3 rings (SSSR count). The van der Waals surface area contributed by atoms with E-state index in [-0.39, 0.29) is 11.3 Å². The second kappa shape index (κ2) is 14.4. The van der Waals surface area contributed by atoms with Gasteiger partial charge < -0.3 is 24.4 Å². The molecule has 1 N–H and O–H groups in total. The van der Waals surface area contributed by atoms with E-state index in [1.54, 1.807) is 14.2 Å². The van der Waals surface area contributed by atoms with Gasteiger partial charge >= 0.3 is 0 Å². The zero-order chi connectivity index (χ0) is 26.8. The van der Waals surface area contributed by atoms with Crippen molar-refractivity contribution < 1.29 is 19.0 Å². The van der Waals surface area contributed by atoms with Crippen LogP contribution in [0.2, 0.25) is 0 Å². The molecule has 0 unspecified atom stereocenters. The molecular weight excluding hydrogens is 470 g/mol. The topological polar surface area (TPSA) is 81.1 Å². The predicted octanol–water partition coefficient (Wildman–Crippen LogP) is 2.80. The molecule has 0 atom stereocenters. The number of hydrogen-bond donors (Lipinski definition) is 1. The largest absolute Gasteiger partial charge is 0.384 e. The second-order valence-electron chi connectivity index (χ2n) is 10.8. The highest BCUT2D eigenvalue weighted by Gasteiger charge is 2.39. The third kappa shape index (κ3) is 7.63. The number of nitrogens with zero attached hydrogens (tertiary/aromatic N) is 4. The third-order valence-corrected chi connectivity index (χ3v) is 7.96. The number of ether oxygens (including phenoxy) is 3. The van der Waals surface area contributed by atoms with E-state index in [2.05, 4.69) is 28.5 Å². The van der Waals surface area contributed by atoms with Crippen molar-refractivity contribution >= 4 is 5.91 Å². The van der Waals surface area contributed by atoms with Crippen molar-refractivity contribution in [3.05, 3.63) is 29.1 Å². The minimum Gasteiger partial charge on any atom is -0.384 e. The normalized spacial score (nSPS) is 17.8. The molecule has 1 amide bonds. The molecule has 1 fully saturated rings. The van der Waals surface area contributed by atoms with Crippen molar-refractivity contribution in [1.29, 1.82) is 0 Å². The lowest BCUT2D eigenvalue weighted by Crippen LogP contribution is -2.40.